The summed E-state index contributed by atoms with van der Waals surface area (Å²) in [6, 6.07) is 4.88. The van der Waals surface area contributed by atoms with Gasteiger partial charge in [0.1, 0.15) is 22.4 Å². The third-order valence-corrected chi connectivity index (χ3v) is 7.47. The summed E-state index contributed by atoms with van der Waals surface area (Å²) in [5, 5.41) is 3.50. The van der Waals surface area contributed by atoms with Crippen LogP contribution in [0.1, 0.15) is 47.3 Å². The summed E-state index contributed by atoms with van der Waals surface area (Å²) in [5.41, 5.74) is 0.481. The molecule has 0 radical (unpaired) electrons. The van der Waals surface area contributed by atoms with E-state index in [1.54, 1.807) is 25.1 Å². The number of carbonyl (C=O) groups excluding carboxylic acids is 2. The number of nitrogens with zero attached hydrogens (tertiary/aromatic N) is 2. The first-order valence-corrected chi connectivity index (χ1v) is 11.9. The molecule has 4 rings (SSSR count). The second-order valence-corrected chi connectivity index (χ2v) is 9.51. The zero-order valence-electron chi connectivity index (χ0n) is 17.3. The van der Waals surface area contributed by atoms with E-state index in [1.165, 1.54) is 10.9 Å². The number of esters is 1. The third-order valence-electron chi connectivity index (χ3n) is 5.47. The van der Waals surface area contributed by atoms with Crippen molar-refractivity contribution in [3.63, 3.8) is 0 Å². The van der Waals surface area contributed by atoms with Gasteiger partial charge < -0.3 is 10.1 Å². The number of benzene rings is 1. The molecule has 1 saturated carbocycles. The molecule has 2 aromatic heterocycles. The predicted octanol–water partition coefficient (Wildman–Crippen LogP) is 5.20. The molecule has 0 bridgehead atoms. The van der Waals surface area contributed by atoms with E-state index >= 15 is 0 Å². The topological polar surface area (TPSA) is 90.3 Å². The summed E-state index contributed by atoms with van der Waals surface area (Å²) in [6.07, 6.45) is 6.23. The maximum absolute atomic E-state index is 13.0. The number of hydrogen-bond donors (Lipinski definition) is 1. The molecular formula is C22H21Cl2N3O4S. The van der Waals surface area contributed by atoms with Crippen LogP contribution in [0, 0.1) is 6.92 Å². The highest BCUT2D eigenvalue weighted by atomic mass is 35.5. The third kappa shape index (κ3) is 4.67. The van der Waals surface area contributed by atoms with Crippen LogP contribution in [0.5, 0.6) is 0 Å². The van der Waals surface area contributed by atoms with E-state index in [-0.39, 0.29) is 17.7 Å². The van der Waals surface area contributed by atoms with Gasteiger partial charge in [-0.3, -0.25) is 14.2 Å². The molecule has 1 amide bonds. The van der Waals surface area contributed by atoms with Crippen molar-refractivity contribution in [2.45, 2.75) is 51.7 Å². The minimum Gasteiger partial charge on any atom is -0.458 e. The minimum atomic E-state index is -0.456. The monoisotopic (exact) mass is 493 g/mol. The van der Waals surface area contributed by atoms with Gasteiger partial charge in [0.25, 0.3) is 5.56 Å². The average molecular weight is 494 g/mol. The molecule has 1 aliphatic rings. The van der Waals surface area contributed by atoms with E-state index in [4.69, 9.17) is 27.9 Å². The van der Waals surface area contributed by atoms with Crippen LogP contribution in [0.25, 0.3) is 10.2 Å². The number of hydrogen-bond acceptors (Lipinski definition) is 6. The Labute approximate surface area is 198 Å². The minimum absolute atomic E-state index is 0.0764. The van der Waals surface area contributed by atoms with Crippen molar-refractivity contribution in [1.82, 2.24) is 9.55 Å². The van der Waals surface area contributed by atoms with Crippen LogP contribution in [0.3, 0.4) is 0 Å². The Morgan fingerprint density at radius 1 is 1.25 bits per heavy atom. The molecule has 1 aliphatic carbocycles. The molecule has 7 nitrogen and oxygen atoms in total. The fourth-order valence-corrected chi connectivity index (χ4v) is 5.17. The number of aryl methyl sites for hydroxylation is 1. The Hall–Kier alpha value is -2.42. The number of ether oxygens (including phenoxy) is 1. The van der Waals surface area contributed by atoms with Gasteiger partial charge in [-0.1, -0.05) is 35.7 Å². The highest BCUT2D eigenvalue weighted by Gasteiger charge is 2.24. The summed E-state index contributed by atoms with van der Waals surface area (Å²) >= 11 is 13.2. The lowest BCUT2D eigenvalue weighted by molar-refractivity contribution is -0.116. The van der Waals surface area contributed by atoms with Crippen molar-refractivity contribution >= 4 is 62.3 Å². The molecule has 0 saturated heterocycles. The second-order valence-electron chi connectivity index (χ2n) is 7.73. The number of fused-ring (bicyclic) bond motifs is 1. The van der Waals surface area contributed by atoms with Crippen LogP contribution >= 0.6 is 34.5 Å². The Bertz CT molecular complexity index is 1250. The van der Waals surface area contributed by atoms with Crippen LogP contribution < -0.4 is 10.9 Å². The van der Waals surface area contributed by atoms with Gasteiger partial charge in [-0.05, 0) is 50.3 Å². The van der Waals surface area contributed by atoms with Crippen molar-refractivity contribution in [1.29, 1.82) is 0 Å². The largest absolute Gasteiger partial charge is 0.458 e. The molecule has 0 spiro atoms. The maximum Gasteiger partial charge on any atom is 0.348 e. The molecule has 1 fully saturated rings. The lowest BCUT2D eigenvalue weighted by atomic mass is 9.98. The molecular weight excluding hydrogens is 473 g/mol. The molecule has 0 aliphatic heterocycles. The normalized spacial score (nSPS) is 14.5. The number of nitrogens with one attached hydrogen (secondary N) is 1. The number of anilines is 1. The van der Waals surface area contributed by atoms with E-state index in [1.807, 2.05) is 0 Å². The average Bonchev–Trinajstić information content (AvgIpc) is 3.11. The molecule has 0 atom stereocenters. The molecule has 3 aromatic rings. The van der Waals surface area contributed by atoms with Crippen LogP contribution in [0.2, 0.25) is 10.0 Å². The van der Waals surface area contributed by atoms with Crippen molar-refractivity contribution in [3.8, 4) is 0 Å². The molecule has 168 valence electrons. The van der Waals surface area contributed by atoms with Crippen molar-refractivity contribution in [2.24, 2.45) is 0 Å². The Morgan fingerprint density at radius 3 is 2.75 bits per heavy atom. The number of thiophene rings is 1. The number of carbonyl (C=O) groups is 2. The second kappa shape index (κ2) is 9.60. The van der Waals surface area contributed by atoms with Gasteiger partial charge >= 0.3 is 5.97 Å². The zero-order chi connectivity index (χ0) is 22.8. The first-order valence-electron chi connectivity index (χ1n) is 10.3. The standard InChI is InChI=1S/C22H21Cl2N3O4S/c1-12-17-20(32-19(12)22(30)31-13-6-3-2-4-7-13)25-11-27(21(17)29)10-16(28)26-15-9-5-8-14(23)18(15)24/h5,8-9,11,13H,2-4,6-7,10H2,1H3,(H,26,28). The summed E-state index contributed by atoms with van der Waals surface area (Å²) in [7, 11) is 0. The first-order chi connectivity index (χ1) is 15.3. The lowest BCUT2D eigenvalue weighted by Crippen LogP contribution is -2.28. The smallest absolute Gasteiger partial charge is 0.348 e. The summed E-state index contributed by atoms with van der Waals surface area (Å²) in [4.78, 5) is 43.3. The number of rotatable bonds is 5. The summed E-state index contributed by atoms with van der Waals surface area (Å²) < 4.78 is 6.86. The highest BCUT2D eigenvalue weighted by molar-refractivity contribution is 7.20. The summed E-state index contributed by atoms with van der Waals surface area (Å²) in [5.74, 6) is -0.876. The Morgan fingerprint density at radius 2 is 2.00 bits per heavy atom. The van der Waals surface area contributed by atoms with Crippen molar-refractivity contribution < 1.29 is 14.3 Å². The van der Waals surface area contributed by atoms with Gasteiger partial charge in [-0.15, -0.1) is 11.3 Å². The van der Waals surface area contributed by atoms with Crippen LogP contribution in [0.4, 0.5) is 5.69 Å². The van der Waals surface area contributed by atoms with E-state index in [9.17, 15) is 14.4 Å². The zero-order valence-corrected chi connectivity index (χ0v) is 19.6. The van der Waals surface area contributed by atoms with Gasteiger partial charge in [0.05, 0.1) is 27.4 Å². The van der Waals surface area contributed by atoms with Gasteiger partial charge in [-0.25, -0.2) is 9.78 Å². The van der Waals surface area contributed by atoms with Crippen LogP contribution in [-0.2, 0) is 16.1 Å². The van der Waals surface area contributed by atoms with Crippen molar-refractivity contribution in [2.75, 3.05) is 5.32 Å². The lowest BCUT2D eigenvalue weighted by Gasteiger charge is -2.21. The van der Waals surface area contributed by atoms with E-state index in [2.05, 4.69) is 10.3 Å². The van der Waals surface area contributed by atoms with Gasteiger partial charge in [-0.2, -0.15) is 0 Å². The highest BCUT2D eigenvalue weighted by Crippen LogP contribution is 2.30. The number of aromatic nitrogens is 2. The molecule has 0 unspecified atom stereocenters. The van der Waals surface area contributed by atoms with Crippen molar-refractivity contribution in [3.05, 3.63) is 55.4 Å². The molecule has 2 heterocycles. The molecule has 32 heavy (non-hydrogen) atoms. The van der Waals surface area contributed by atoms with E-state index < -0.39 is 17.4 Å². The Balaban J connectivity index is 1.55. The molecule has 10 heteroatoms. The first kappa shape index (κ1) is 22.8. The maximum atomic E-state index is 13.0. The fourth-order valence-electron chi connectivity index (χ4n) is 3.80. The summed E-state index contributed by atoms with van der Waals surface area (Å²) in [6.45, 7) is 1.44. The molecule has 1 aromatic carbocycles. The quantitative estimate of drug-likeness (QED) is 0.493. The Kier molecular flexibility index (Phi) is 6.83. The van der Waals surface area contributed by atoms with Crippen LogP contribution in [0.15, 0.2) is 29.3 Å². The molecule has 1 N–H and O–H groups in total. The predicted molar refractivity (Wildman–Crippen MR) is 126 cm³/mol. The van der Waals surface area contributed by atoms with Gasteiger partial charge in [0.15, 0.2) is 0 Å². The van der Waals surface area contributed by atoms with Gasteiger partial charge in [0, 0.05) is 0 Å². The number of halogens is 2. The SMILES string of the molecule is Cc1c(C(=O)OC2CCCCC2)sc2ncn(CC(=O)Nc3cccc(Cl)c3Cl)c(=O)c12. The van der Waals surface area contributed by atoms with Gasteiger partial charge in [0.2, 0.25) is 5.91 Å². The number of amides is 1. The fraction of sp³-hybridized carbons (Fsp3) is 0.364. The van der Waals surface area contributed by atoms with E-state index in [0.717, 1.165) is 43.4 Å². The van der Waals surface area contributed by atoms with E-state index in [0.29, 0.717) is 31.4 Å². The van der Waals surface area contributed by atoms with Crippen LogP contribution in [-0.4, -0.2) is 27.5 Å².